The number of hydrogen-bond acceptors (Lipinski definition) is 2. The van der Waals surface area contributed by atoms with E-state index in [1.807, 2.05) is 6.07 Å². The van der Waals surface area contributed by atoms with Gasteiger partial charge < -0.3 is 10.2 Å². The minimum Gasteiger partial charge on any atom is -0.339 e. The summed E-state index contributed by atoms with van der Waals surface area (Å²) in [6.07, 6.45) is 5.34. The van der Waals surface area contributed by atoms with Gasteiger partial charge in [0, 0.05) is 13.1 Å². The first kappa shape index (κ1) is 14.5. The molecule has 4 heteroatoms. The third-order valence-corrected chi connectivity index (χ3v) is 4.67. The lowest BCUT2D eigenvalue weighted by atomic mass is 9.89. The summed E-state index contributed by atoms with van der Waals surface area (Å²) in [4.78, 5) is 14.3. The Bertz CT molecular complexity index is 506. The van der Waals surface area contributed by atoms with Gasteiger partial charge in [0.2, 0.25) is 0 Å². The molecule has 0 saturated carbocycles. The van der Waals surface area contributed by atoms with E-state index in [1.54, 1.807) is 11.0 Å². The van der Waals surface area contributed by atoms with Crippen LogP contribution in [0.15, 0.2) is 18.2 Å². The van der Waals surface area contributed by atoms with Crippen molar-refractivity contribution in [1.82, 2.24) is 10.2 Å². The summed E-state index contributed by atoms with van der Waals surface area (Å²) in [5.74, 6) is -0.0778. The number of carbonyl (C=O) groups is 1. The van der Waals surface area contributed by atoms with Crippen molar-refractivity contribution >= 4 is 5.91 Å². The lowest BCUT2D eigenvalue weighted by Gasteiger charge is -2.28. The van der Waals surface area contributed by atoms with Gasteiger partial charge in [-0.3, -0.25) is 4.79 Å². The Balaban J connectivity index is 1.81. The average Bonchev–Trinajstić information content (AvgIpc) is 2.56. The lowest BCUT2D eigenvalue weighted by Crippen LogP contribution is -2.36. The van der Waals surface area contributed by atoms with Crippen LogP contribution in [0, 0.1) is 5.82 Å². The Morgan fingerprint density at radius 3 is 2.57 bits per heavy atom. The monoisotopic (exact) mass is 290 g/mol. The highest BCUT2D eigenvalue weighted by Crippen LogP contribution is 2.27. The van der Waals surface area contributed by atoms with E-state index in [0.717, 1.165) is 57.4 Å². The lowest BCUT2D eigenvalue weighted by molar-refractivity contribution is 0.0719. The zero-order chi connectivity index (χ0) is 14.7. The van der Waals surface area contributed by atoms with Gasteiger partial charge >= 0.3 is 0 Å². The van der Waals surface area contributed by atoms with Crippen molar-refractivity contribution in [2.75, 3.05) is 26.2 Å². The van der Waals surface area contributed by atoms with Crippen molar-refractivity contribution in [3.63, 3.8) is 0 Å². The van der Waals surface area contributed by atoms with Gasteiger partial charge in [-0.15, -0.1) is 0 Å². The summed E-state index contributed by atoms with van der Waals surface area (Å²) in [6, 6.07) is 5.11. The minimum atomic E-state index is -0.386. The summed E-state index contributed by atoms with van der Waals surface area (Å²) in [5, 5.41) is 3.34. The van der Waals surface area contributed by atoms with E-state index in [-0.39, 0.29) is 17.3 Å². The predicted molar refractivity (Wildman–Crippen MR) is 81.0 cm³/mol. The highest BCUT2D eigenvalue weighted by atomic mass is 19.1. The molecule has 1 amide bonds. The number of halogens is 1. The number of hydrogen-bond donors (Lipinski definition) is 1. The molecular weight excluding hydrogens is 267 g/mol. The Hall–Kier alpha value is -1.42. The van der Waals surface area contributed by atoms with Crippen molar-refractivity contribution < 1.29 is 9.18 Å². The second-order valence-corrected chi connectivity index (χ2v) is 6.12. The number of piperidine rings is 2. The number of carbonyl (C=O) groups excluding carboxylic acids is 1. The van der Waals surface area contributed by atoms with E-state index in [1.165, 1.54) is 12.5 Å². The molecule has 2 aliphatic heterocycles. The van der Waals surface area contributed by atoms with Gasteiger partial charge in [0.1, 0.15) is 5.82 Å². The molecule has 0 radical (unpaired) electrons. The summed E-state index contributed by atoms with van der Waals surface area (Å²) in [7, 11) is 0. The van der Waals surface area contributed by atoms with Gasteiger partial charge in [0.05, 0.1) is 5.56 Å². The molecule has 1 aromatic rings. The average molecular weight is 290 g/mol. The first-order chi connectivity index (χ1) is 10.3. The molecule has 0 aliphatic carbocycles. The maximum absolute atomic E-state index is 14.1. The first-order valence-electron chi connectivity index (χ1n) is 8.05. The van der Waals surface area contributed by atoms with Crippen LogP contribution in [0.1, 0.15) is 53.9 Å². The zero-order valence-electron chi connectivity index (χ0n) is 12.4. The molecule has 3 nitrogen and oxygen atoms in total. The number of rotatable bonds is 2. The fourth-order valence-electron chi connectivity index (χ4n) is 3.38. The van der Waals surface area contributed by atoms with Crippen LogP contribution in [0.25, 0.3) is 0 Å². The number of likely N-dealkylation sites (tertiary alicyclic amines) is 1. The van der Waals surface area contributed by atoms with Gasteiger partial charge in [-0.25, -0.2) is 4.39 Å². The van der Waals surface area contributed by atoms with E-state index in [0.29, 0.717) is 5.92 Å². The van der Waals surface area contributed by atoms with Crippen LogP contribution in [-0.2, 0) is 0 Å². The summed E-state index contributed by atoms with van der Waals surface area (Å²) >= 11 is 0. The Morgan fingerprint density at radius 2 is 1.86 bits per heavy atom. The molecule has 2 aliphatic rings. The van der Waals surface area contributed by atoms with Crippen LogP contribution in [0.2, 0.25) is 0 Å². The highest BCUT2D eigenvalue weighted by Gasteiger charge is 2.23. The normalized spacial score (nSPS) is 20.5. The third kappa shape index (κ3) is 3.26. The van der Waals surface area contributed by atoms with Crippen molar-refractivity contribution in [2.45, 2.75) is 38.0 Å². The molecular formula is C17H23FN2O. The zero-order valence-corrected chi connectivity index (χ0v) is 12.4. The standard InChI is InChI=1S/C17H23FN2O/c18-16-5-4-14(13-6-8-19-9-7-13)12-15(16)17(21)20-10-2-1-3-11-20/h4-5,12-13,19H,1-3,6-11H2. The van der Waals surface area contributed by atoms with Gasteiger partial charge in [0.15, 0.2) is 0 Å². The second-order valence-electron chi connectivity index (χ2n) is 6.12. The molecule has 21 heavy (non-hydrogen) atoms. The molecule has 0 aromatic heterocycles. The van der Waals surface area contributed by atoms with Crippen LogP contribution in [0.4, 0.5) is 4.39 Å². The van der Waals surface area contributed by atoms with Crippen molar-refractivity contribution in [3.05, 3.63) is 35.1 Å². The first-order valence-corrected chi connectivity index (χ1v) is 8.05. The Kier molecular flexibility index (Phi) is 4.54. The Labute approximate surface area is 125 Å². The summed E-state index contributed by atoms with van der Waals surface area (Å²) in [6.45, 7) is 3.51. The topological polar surface area (TPSA) is 32.3 Å². The smallest absolute Gasteiger partial charge is 0.256 e. The number of nitrogens with zero attached hydrogens (tertiary/aromatic N) is 1. The minimum absolute atomic E-state index is 0.136. The molecule has 1 N–H and O–H groups in total. The largest absolute Gasteiger partial charge is 0.339 e. The van der Waals surface area contributed by atoms with E-state index >= 15 is 0 Å². The van der Waals surface area contributed by atoms with Gasteiger partial charge in [-0.05, 0) is 68.8 Å². The molecule has 3 rings (SSSR count). The van der Waals surface area contributed by atoms with Crippen LogP contribution < -0.4 is 5.32 Å². The maximum Gasteiger partial charge on any atom is 0.256 e. The number of nitrogens with one attached hydrogen (secondary N) is 1. The molecule has 2 heterocycles. The van der Waals surface area contributed by atoms with E-state index in [4.69, 9.17) is 0 Å². The van der Waals surface area contributed by atoms with E-state index in [9.17, 15) is 9.18 Å². The van der Waals surface area contributed by atoms with E-state index in [2.05, 4.69) is 5.32 Å². The molecule has 0 unspecified atom stereocenters. The Morgan fingerprint density at radius 1 is 1.14 bits per heavy atom. The molecule has 114 valence electrons. The predicted octanol–water partition coefficient (Wildman–Crippen LogP) is 2.92. The van der Waals surface area contributed by atoms with E-state index < -0.39 is 0 Å². The van der Waals surface area contributed by atoms with Gasteiger partial charge in [-0.1, -0.05) is 6.07 Å². The van der Waals surface area contributed by atoms with Gasteiger partial charge in [0.25, 0.3) is 5.91 Å². The summed E-state index contributed by atoms with van der Waals surface area (Å²) < 4.78 is 14.1. The highest BCUT2D eigenvalue weighted by molar-refractivity contribution is 5.94. The fourth-order valence-corrected chi connectivity index (χ4v) is 3.38. The molecule has 2 saturated heterocycles. The molecule has 2 fully saturated rings. The summed E-state index contributed by atoms with van der Waals surface area (Å²) in [5.41, 5.74) is 1.37. The SMILES string of the molecule is O=C(c1cc(C2CCNCC2)ccc1F)N1CCCCC1. The molecule has 1 aromatic carbocycles. The van der Waals surface area contributed by atoms with Crippen LogP contribution in [0.3, 0.4) is 0 Å². The molecule has 0 spiro atoms. The van der Waals surface area contributed by atoms with Crippen molar-refractivity contribution in [1.29, 1.82) is 0 Å². The third-order valence-electron chi connectivity index (χ3n) is 4.67. The van der Waals surface area contributed by atoms with Crippen LogP contribution in [-0.4, -0.2) is 37.0 Å². The number of benzene rings is 1. The quantitative estimate of drug-likeness (QED) is 0.908. The molecule has 0 atom stereocenters. The fraction of sp³-hybridized carbons (Fsp3) is 0.588. The number of amides is 1. The van der Waals surface area contributed by atoms with Crippen molar-refractivity contribution in [2.24, 2.45) is 0 Å². The van der Waals surface area contributed by atoms with Crippen LogP contribution in [0.5, 0.6) is 0 Å². The second kappa shape index (κ2) is 6.56. The van der Waals surface area contributed by atoms with Gasteiger partial charge in [-0.2, -0.15) is 0 Å². The van der Waals surface area contributed by atoms with Crippen molar-refractivity contribution in [3.8, 4) is 0 Å². The van der Waals surface area contributed by atoms with Crippen LogP contribution >= 0.6 is 0 Å². The molecule has 0 bridgehead atoms. The maximum atomic E-state index is 14.1.